The lowest BCUT2D eigenvalue weighted by atomic mass is 9.74. The topological polar surface area (TPSA) is 98.8 Å². The molecule has 0 saturated carbocycles. The molecule has 2 atom stereocenters. The molecule has 0 unspecified atom stereocenters. The van der Waals surface area contributed by atoms with Gasteiger partial charge in [-0.2, -0.15) is 0 Å². The minimum Gasteiger partial charge on any atom is -0.356 e. The van der Waals surface area contributed by atoms with Gasteiger partial charge in [0.25, 0.3) is 0 Å². The Kier molecular flexibility index (Phi) is 11.2. The Balaban J connectivity index is 1.38. The number of carbonyl (C=O) groups excluding carboxylic acids is 4. The van der Waals surface area contributed by atoms with Crippen LogP contribution in [0.1, 0.15) is 77.8 Å². The number of nitrogens with zero attached hydrogens (tertiary/aromatic N) is 2. The molecule has 5 rings (SSSR count). The van der Waals surface area contributed by atoms with Gasteiger partial charge in [-0.3, -0.25) is 19.2 Å². The van der Waals surface area contributed by atoms with Crippen LogP contribution in [0.15, 0.2) is 72.8 Å². The molecule has 0 radical (unpaired) electrons. The lowest BCUT2D eigenvalue weighted by Gasteiger charge is -2.43. The highest BCUT2D eigenvalue weighted by Crippen LogP contribution is 2.36. The average Bonchev–Trinajstić information content (AvgIpc) is 3.07. The van der Waals surface area contributed by atoms with Gasteiger partial charge in [-0.25, -0.2) is 0 Å². The number of amides is 4. The molecule has 3 aromatic carbocycles. The molecule has 0 aromatic heterocycles. The molecule has 2 aliphatic rings. The molecule has 0 bridgehead atoms. The van der Waals surface area contributed by atoms with Gasteiger partial charge < -0.3 is 20.4 Å². The van der Waals surface area contributed by atoms with E-state index in [1.165, 1.54) is 0 Å². The fourth-order valence-corrected chi connectivity index (χ4v) is 7.46. The number of rotatable bonds is 10. The summed E-state index contributed by atoms with van der Waals surface area (Å²) in [6, 6.07) is 23.5. The monoisotopic (exact) mass is 666 g/mol. The van der Waals surface area contributed by atoms with Crippen LogP contribution in [0.2, 0.25) is 0 Å². The third-order valence-electron chi connectivity index (χ3n) is 10.4. The van der Waals surface area contributed by atoms with E-state index in [1.807, 2.05) is 72.2 Å². The fourth-order valence-electron chi connectivity index (χ4n) is 7.46. The van der Waals surface area contributed by atoms with Crippen molar-refractivity contribution in [3.63, 3.8) is 0 Å². The largest absolute Gasteiger partial charge is 0.356 e. The van der Waals surface area contributed by atoms with E-state index in [4.69, 9.17) is 0 Å². The highest BCUT2D eigenvalue weighted by Gasteiger charge is 2.45. The Morgan fingerprint density at radius 1 is 0.796 bits per heavy atom. The molecule has 262 valence electrons. The summed E-state index contributed by atoms with van der Waals surface area (Å²) in [6.07, 6.45) is 3.79. The second-order valence-electron chi connectivity index (χ2n) is 15.8. The van der Waals surface area contributed by atoms with E-state index in [0.717, 1.165) is 21.9 Å². The van der Waals surface area contributed by atoms with Crippen LogP contribution in [-0.2, 0) is 32.0 Å². The summed E-state index contributed by atoms with van der Waals surface area (Å²) in [7, 11) is 0. The van der Waals surface area contributed by atoms with Gasteiger partial charge in [0.15, 0.2) is 0 Å². The number of carbonyl (C=O) groups is 4. The molecule has 0 aliphatic carbocycles. The van der Waals surface area contributed by atoms with Crippen molar-refractivity contribution in [3.8, 4) is 0 Å². The summed E-state index contributed by atoms with van der Waals surface area (Å²) in [5.41, 5.74) is 0.447. The first-order chi connectivity index (χ1) is 23.3. The summed E-state index contributed by atoms with van der Waals surface area (Å²) >= 11 is 0. The molecule has 4 amide bonds. The average molecular weight is 667 g/mol. The van der Waals surface area contributed by atoms with Crippen molar-refractivity contribution in [3.05, 3.63) is 83.9 Å². The van der Waals surface area contributed by atoms with E-state index in [-0.39, 0.29) is 29.0 Å². The number of benzene rings is 3. The SMILES string of the molecule is CCNC(=O)[C@]1(Cc2ccccc2)CCCN(C(=O)[C@H](Cc2ccc3ccccc3c2)NC(=O)C2(C)CCN(C(=O)CC(C)(C)C)CC2)C1. The van der Waals surface area contributed by atoms with Crippen molar-refractivity contribution >= 4 is 34.4 Å². The maximum absolute atomic E-state index is 14.6. The van der Waals surface area contributed by atoms with Gasteiger partial charge in [-0.15, -0.1) is 0 Å². The van der Waals surface area contributed by atoms with Crippen LogP contribution in [-0.4, -0.2) is 72.2 Å². The van der Waals surface area contributed by atoms with E-state index in [1.54, 1.807) is 0 Å². The van der Waals surface area contributed by atoms with Gasteiger partial charge in [-0.1, -0.05) is 100 Å². The van der Waals surface area contributed by atoms with Crippen LogP contribution in [0.3, 0.4) is 0 Å². The van der Waals surface area contributed by atoms with Crippen molar-refractivity contribution in [1.82, 2.24) is 20.4 Å². The van der Waals surface area contributed by atoms with Crippen molar-refractivity contribution in [1.29, 1.82) is 0 Å². The number of nitrogens with one attached hydrogen (secondary N) is 2. The minimum atomic E-state index is -0.798. The quantitative estimate of drug-likeness (QED) is 0.281. The van der Waals surface area contributed by atoms with Crippen LogP contribution >= 0.6 is 0 Å². The van der Waals surface area contributed by atoms with E-state index >= 15 is 0 Å². The van der Waals surface area contributed by atoms with Crippen molar-refractivity contribution < 1.29 is 19.2 Å². The Bertz CT molecular complexity index is 1640. The first-order valence-corrected chi connectivity index (χ1v) is 18.0. The van der Waals surface area contributed by atoms with E-state index in [2.05, 4.69) is 55.7 Å². The fraction of sp³-hybridized carbons (Fsp3) is 0.512. The van der Waals surface area contributed by atoms with E-state index in [0.29, 0.717) is 77.7 Å². The Labute approximate surface area is 292 Å². The predicted octanol–water partition coefficient (Wildman–Crippen LogP) is 5.92. The molecule has 3 aromatic rings. The van der Waals surface area contributed by atoms with Crippen LogP contribution in [0, 0.1) is 16.2 Å². The zero-order valence-electron chi connectivity index (χ0n) is 30.0. The highest BCUT2D eigenvalue weighted by molar-refractivity contribution is 5.92. The van der Waals surface area contributed by atoms with Crippen molar-refractivity contribution in [2.75, 3.05) is 32.7 Å². The van der Waals surface area contributed by atoms with E-state index < -0.39 is 16.9 Å². The molecule has 0 spiro atoms. The number of piperidine rings is 2. The van der Waals surface area contributed by atoms with Gasteiger partial charge in [0.1, 0.15) is 6.04 Å². The number of hydrogen-bond donors (Lipinski definition) is 2. The number of likely N-dealkylation sites (tertiary alicyclic amines) is 2. The zero-order valence-corrected chi connectivity index (χ0v) is 30.0. The summed E-state index contributed by atoms with van der Waals surface area (Å²) < 4.78 is 0. The standard InChI is InChI=1S/C41H54N4O4/c1-6-42-38(49)41(27-30-13-8-7-9-14-30)19-12-22-45(29-41)36(47)34(26-31-17-18-32-15-10-11-16-33(32)25-31)43-37(48)40(5)20-23-44(24-21-40)35(46)28-39(2,3)4/h7-11,13-18,25,34H,6,12,19-24,26-29H2,1-5H3,(H,42,49)(H,43,48)/t34-,41-/m0/s1. The second-order valence-corrected chi connectivity index (χ2v) is 15.8. The molecule has 49 heavy (non-hydrogen) atoms. The predicted molar refractivity (Wildman–Crippen MR) is 195 cm³/mol. The molecule has 8 nitrogen and oxygen atoms in total. The minimum absolute atomic E-state index is 0.0354. The van der Waals surface area contributed by atoms with Gasteiger partial charge in [0.2, 0.25) is 23.6 Å². The smallest absolute Gasteiger partial charge is 0.245 e. The summed E-state index contributed by atoms with van der Waals surface area (Å²) in [6.45, 7) is 12.4. The lowest BCUT2D eigenvalue weighted by Crippen LogP contribution is -2.59. The Morgan fingerprint density at radius 3 is 2.14 bits per heavy atom. The molecule has 8 heteroatoms. The molecule has 2 fully saturated rings. The van der Waals surface area contributed by atoms with Crippen molar-refractivity contribution in [2.24, 2.45) is 16.2 Å². The normalized spacial score (nSPS) is 20.0. The first-order valence-electron chi connectivity index (χ1n) is 18.0. The third-order valence-corrected chi connectivity index (χ3v) is 10.4. The highest BCUT2D eigenvalue weighted by atomic mass is 16.2. The van der Waals surface area contributed by atoms with Crippen LogP contribution in [0.4, 0.5) is 0 Å². The Morgan fingerprint density at radius 2 is 1.47 bits per heavy atom. The molecule has 2 heterocycles. The molecule has 2 aliphatic heterocycles. The van der Waals surface area contributed by atoms with Crippen molar-refractivity contribution in [2.45, 2.75) is 85.6 Å². The van der Waals surface area contributed by atoms with E-state index in [9.17, 15) is 19.2 Å². The molecule has 2 N–H and O–H groups in total. The van der Waals surface area contributed by atoms with Gasteiger partial charge in [0.05, 0.1) is 5.41 Å². The van der Waals surface area contributed by atoms with Gasteiger partial charge in [0, 0.05) is 51.0 Å². The van der Waals surface area contributed by atoms with Crippen LogP contribution in [0.25, 0.3) is 10.8 Å². The maximum Gasteiger partial charge on any atom is 0.245 e. The number of fused-ring (bicyclic) bond motifs is 1. The lowest BCUT2D eigenvalue weighted by molar-refractivity contribution is -0.146. The summed E-state index contributed by atoms with van der Waals surface area (Å²) in [4.78, 5) is 59.1. The molecular weight excluding hydrogens is 612 g/mol. The Hall–Kier alpha value is -4.20. The first kappa shape index (κ1) is 36.1. The summed E-state index contributed by atoms with van der Waals surface area (Å²) in [5.74, 6) is -0.238. The van der Waals surface area contributed by atoms with Crippen LogP contribution in [0.5, 0.6) is 0 Å². The zero-order chi connectivity index (χ0) is 35.2. The summed E-state index contributed by atoms with van der Waals surface area (Å²) in [5, 5.41) is 8.44. The van der Waals surface area contributed by atoms with Crippen LogP contribution < -0.4 is 10.6 Å². The maximum atomic E-state index is 14.6. The van der Waals surface area contributed by atoms with Gasteiger partial charge >= 0.3 is 0 Å². The number of hydrogen-bond acceptors (Lipinski definition) is 4. The third kappa shape index (κ3) is 8.89. The second kappa shape index (κ2) is 15.1. The van der Waals surface area contributed by atoms with Gasteiger partial charge in [-0.05, 0) is 66.3 Å². The molecular formula is C41H54N4O4. The molecule has 2 saturated heterocycles.